The molecule has 1 aromatic heterocycles. The van der Waals surface area contributed by atoms with E-state index in [1.807, 2.05) is 19.9 Å². The lowest BCUT2D eigenvalue weighted by Gasteiger charge is -2.11. The summed E-state index contributed by atoms with van der Waals surface area (Å²) in [6.45, 7) is 4.02. The molecule has 1 aliphatic rings. The van der Waals surface area contributed by atoms with E-state index in [0.717, 1.165) is 22.6 Å². The zero-order valence-electron chi connectivity index (χ0n) is 11.4. The summed E-state index contributed by atoms with van der Waals surface area (Å²) in [6.07, 6.45) is 4.01. The van der Waals surface area contributed by atoms with Crippen LogP contribution in [0.5, 0.6) is 0 Å². The summed E-state index contributed by atoms with van der Waals surface area (Å²) >= 11 is 6.26. The van der Waals surface area contributed by atoms with Gasteiger partial charge in [-0.1, -0.05) is 17.7 Å². The van der Waals surface area contributed by atoms with Crippen LogP contribution in [0.25, 0.3) is 0 Å². The molecule has 0 radical (unpaired) electrons. The molecule has 0 unspecified atom stereocenters. The fourth-order valence-corrected chi connectivity index (χ4v) is 2.42. The molecule has 1 heterocycles. The monoisotopic (exact) mass is 289 g/mol. The van der Waals surface area contributed by atoms with Crippen LogP contribution >= 0.6 is 11.6 Å². The minimum Gasteiger partial charge on any atom is -0.366 e. The van der Waals surface area contributed by atoms with Crippen LogP contribution in [0.3, 0.4) is 0 Å². The molecular weight excluding hydrogens is 274 g/mol. The Labute approximate surface area is 122 Å². The minimum atomic E-state index is 0.449. The highest BCUT2D eigenvalue weighted by molar-refractivity contribution is 6.33. The van der Waals surface area contributed by atoms with Crippen LogP contribution in [0.1, 0.15) is 24.0 Å². The number of anilines is 3. The number of halogens is 1. The van der Waals surface area contributed by atoms with Crippen molar-refractivity contribution in [3.63, 3.8) is 0 Å². The molecule has 3 rings (SSSR count). The summed E-state index contributed by atoms with van der Waals surface area (Å²) in [4.78, 5) is 4.40. The molecule has 0 atom stereocenters. The van der Waals surface area contributed by atoms with E-state index in [9.17, 15) is 0 Å². The molecule has 0 amide bonds. The number of nitrogens with zero attached hydrogens (tertiary/aromatic N) is 3. The Morgan fingerprint density at radius 2 is 2.05 bits per heavy atom. The summed E-state index contributed by atoms with van der Waals surface area (Å²) in [5, 5.41) is 15.1. The topological polar surface area (TPSA) is 62.7 Å². The summed E-state index contributed by atoms with van der Waals surface area (Å²) in [7, 11) is 0. The van der Waals surface area contributed by atoms with E-state index in [4.69, 9.17) is 11.6 Å². The first kappa shape index (κ1) is 13.1. The summed E-state index contributed by atoms with van der Waals surface area (Å²) in [6, 6.07) is 4.51. The highest BCUT2D eigenvalue weighted by Crippen LogP contribution is 2.29. The zero-order valence-corrected chi connectivity index (χ0v) is 12.2. The van der Waals surface area contributed by atoms with E-state index >= 15 is 0 Å². The van der Waals surface area contributed by atoms with E-state index < -0.39 is 0 Å². The van der Waals surface area contributed by atoms with Gasteiger partial charge >= 0.3 is 0 Å². The fourth-order valence-electron chi connectivity index (χ4n) is 2.05. The predicted octanol–water partition coefficient (Wildman–Crippen LogP) is 3.46. The number of hydrogen-bond donors (Lipinski definition) is 2. The van der Waals surface area contributed by atoms with Crippen molar-refractivity contribution in [1.29, 1.82) is 0 Å². The first-order valence-corrected chi connectivity index (χ1v) is 6.99. The maximum Gasteiger partial charge on any atom is 0.249 e. The van der Waals surface area contributed by atoms with Gasteiger partial charge in [-0.3, -0.25) is 0 Å². The number of aromatic nitrogens is 3. The van der Waals surface area contributed by atoms with Crippen LogP contribution in [0.15, 0.2) is 18.3 Å². The van der Waals surface area contributed by atoms with Crippen LogP contribution < -0.4 is 10.6 Å². The number of nitrogens with one attached hydrogen (secondary N) is 2. The third kappa shape index (κ3) is 2.99. The van der Waals surface area contributed by atoms with Crippen molar-refractivity contribution in [3.05, 3.63) is 34.5 Å². The van der Waals surface area contributed by atoms with E-state index in [1.165, 1.54) is 12.8 Å². The second-order valence-electron chi connectivity index (χ2n) is 5.15. The minimum absolute atomic E-state index is 0.449. The number of hydrogen-bond acceptors (Lipinski definition) is 5. The van der Waals surface area contributed by atoms with Crippen LogP contribution in [0.2, 0.25) is 5.02 Å². The van der Waals surface area contributed by atoms with Gasteiger partial charge in [-0.15, -0.1) is 5.10 Å². The van der Waals surface area contributed by atoms with Crippen molar-refractivity contribution in [1.82, 2.24) is 15.2 Å². The Balaban J connectivity index is 1.83. The van der Waals surface area contributed by atoms with Crippen molar-refractivity contribution >= 4 is 29.1 Å². The Hall–Kier alpha value is -1.88. The first-order valence-electron chi connectivity index (χ1n) is 6.62. The Bertz CT molecular complexity index is 616. The lowest BCUT2D eigenvalue weighted by atomic mass is 10.1. The maximum atomic E-state index is 6.26. The van der Waals surface area contributed by atoms with Gasteiger partial charge in [0.25, 0.3) is 0 Å². The van der Waals surface area contributed by atoms with E-state index in [0.29, 0.717) is 17.0 Å². The largest absolute Gasteiger partial charge is 0.366 e. The van der Waals surface area contributed by atoms with Gasteiger partial charge in [0.05, 0.1) is 16.9 Å². The normalized spacial score (nSPS) is 14.2. The fraction of sp³-hybridized carbons (Fsp3) is 0.357. The number of rotatable bonds is 4. The maximum absolute atomic E-state index is 6.26. The molecule has 0 spiro atoms. The Morgan fingerprint density at radius 1 is 1.25 bits per heavy atom. The molecule has 0 aliphatic heterocycles. The lowest BCUT2D eigenvalue weighted by molar-refractivity contribution is 0.964. The van der Waals surface area contributed by atoms with Crippen molar-refractivity contribution in [2.75, 3.05) is 10.6 Å². The second-order valence-corrected chi connectivity index (χ2v) is 5.55. The molecule has 5 nitrogen and oxygen atoms in total. The molecule has 0 saturated heterocycles. The molecule has 0 bridgehead atoms. The second kappa shape index (κ2) is 5.25. The van der Waals surface area contributed by atoms with Gasteiger partial charge in [-0.25, -0.2) is 0 Å². The zero-order chi connectivity index (χ0) is 14.1. The Morgan fingerprint density at radius 3 is 2.75 bits per heavy atom. The van der Waals surface area contributed by atoms with E-state index in [2.05, 4.69) is 31.9 Å². The molecule has 104 valence electrons. The standard InChI is InChI=1S/C14H16ClN5/c1-8-5-9(2)13(11(15)6-8)19-14-18-12(7-16-20-14)17-10-3-4-10/h5-7,10H,3-4H2,1-2H3,(H2,17,18,19,20). The van der Waals surface area contributed by atoms with E-state index in [1.54, 1.807) is 6.20 Å². The Kier molecular flexibility index (Phi) is 3.44. The van der Waals surface area contributed by atoms with Crippen LogP contribution in [-0.2, 0) is 0 Å². The van der Waals surface area contributed by atoms with Crippen molar-refractivity contribution in [2.24, 2.45) is 0 Å². The van der Waals surface area contributed by atoms with Gasteiger partial charge < -0.3 is 10.6 Å². The van der Waals surface area contributed by atoms with E-state index in [-0.39, 0.29) is 0 Å². The average molecular weight is 290 g/mol. The first-order chi connectivity index (χ1) is 9.61. The quantitative estimate of drug-likeness (QED) is 0.902. The van der Waals surface area contributed by atoms with Crippen LogP contribution in [0.4, 0.5) is 17.5 Å². The van der Waals surface area contributed by atoms with Gasteiger partial charge in [-0.05, 0) is 43.9 Å². The summed E-state index contributed by atoms with van der Waals surface area (Å²) < 4.78 is 0. The number of aryl methyl sites for hydroxylation is 2. The lowest BCUT2D eigenvalue weighted by Crippen LogP contribution is -2.07. The SMILES string of the molecule is Cc1cc(C)c(Nc2nncc(NC3CC3)n2)c(Cl)c1. The summed E-state index contributed by atoms with van der Waals surface area (Å²) in [5.41, 5.74) is 3.00. The summed E-state index contributed by atoms with van der Waals surface area (Å²) in [5.74, 6) is 1.19. The van der Waals surface area contributed by atoms with Crippen molar-refractivity contribution in [2.45, 2.75) is 32.7 Å². The van der Waals surface area contributed by atoms with Crippen molar-refractivity contribution < 1.29 is 0 Å². The molecule has 2 aromatic rings. The highest BCUT2D eigenvalue weighted by Gasteiger charge is 2.21. The highest BCUT2D eigenvalue weighted by atomic mass is 35.5. The molecule has 1 fully saturated rings. The van der Waals surface area contributed by atoms with Crippen molar-refractivity contribution in [3.8, 4) is 0 Å². The molecule has 1 aliphatic carbocycles. The molecule has 2 N–H and O–H groups in total. The predicted molar refractivity (Wildman–Crippen MR) is 80.7 cm³/mol. The number of benzene rings is 1. The molecule has 20 heavy (non-hydrogen) atoms. The molecule has 1 aromatic carbocycles. The average Bonchev–Trinajstić information content (AvgIpc) is 3.18. The van der Waals surface area contributed by atoms with Gasteiger partial charge in [0, 0.05) is 6.04 Å². The van der Waals surface area contributed by atoms with Gasteiger partial charge in [0.1, 0.15) is 0 Å². The molecule has 6 heteroatoms. The third-order valence-electron chi connectivity index (χ3n) is 3.16. The van der Waals surface area contributed by atoms with Gasteiger partial charge in [0.15, 0.2) is 5.82 Å². The van der Waals surface area contributed by atoms with Gasteiger partial charge in [-0.2, -0.15) is 10.1 Å². The van der Waals surface area contributed by atoms with Crippen LogP contribution in [-0.4, -0.2) is 21.2 Å². The smallest absolute Gasteiger partial charge is 0.249 e. The molecular formula is C14H16ClN5. The van der Waals surface area contributed by atoms with Crippen LogP contribution in [0, 0.1) is 13.8 Å². The third-order valence-corrected chi connectivity index (χ3v) is 3.45. The van der Waals surface area contributed by atoms with Gasteiger partial charge in [0.2, 0.25) is 5.95 Å². The molecule has 1 saturated carbocycles.